The Labute approximate surface area is 110 Å². The molecule has 0 radical (unpaired) electrons. The Balaban J connectivity index is 1.76. The topological polar surface area (TPSA) is 58.4 Å². The van der Waals surface area contributed by atoms with E-state index in [9.17, 15) is 4.79 Å². The van der Waals surface area contributed by atoms with Crippen LogP contribution < -0.4 is 0 Å². The number of carbonyl (C=O) groups is 1. The van der Waals surface area contributed by atoms with Crippen molar-refractivity contribution in [1.29, 1.82) is 0 Å². The van der Waals surface area contributed by atoms with Crippen molar-refractivity contribution in [2.24, 2.45) is 5.92 Å². The van der Waals surface area contributed by atoms with Gasteiger partial charge in [0.2, 0.25) is 0 Å². The van der Waals surface area contributed by atoms with Gasteiger partial charge in [-0.15, -0.1) is 0 Å². The first-order chi connectivity index (χ1) is 8.74. The lowest BCUT2D eigenvalue weighted by molar-refractivity contribution is -0.133. The number of carboxylic acids is 1. The maximum Gasteiger partial charge on any atom is 0.313 e. The smallest absolute Gasteiger partial charge is 0.313 e. The first kappa shape index (κ1) is 12.0. The number of hydrogen-bond donors (Lipinski definition) is 1. The van der Waals surface area contributed by atoms with Crippen LogP contribution in [0.25, 0.3) is 0 Å². The minimum absolute atomic E-state index is 0.0815. The van der Waals surface area contributed by atoms with Crippen LogP contribution in [0.2, 0.25) is 0 Å². The molecule has 0 amide bonds. The quantitative estimate of drug-likeness (QED) is 0.834. The van der Waals surface area contributed by atoms with Gasteiger partial charge in [0.15, 0.2) is 5.16 Å². The van der Waals surface area contributed by atoms with E-state index in [0.29, 0.717) is 6.04 Å². The first-order valence-electron chi connectivity index (χ1n) is 6.34. The number of hydrogen-bond acceptors (Lipinski definition) is 4. The fourth-order valence-electron chi connectivity index (χ4n) is 3.04. The predicted molar refractivity (Wildman–Crippen MR) is 68.8 cm³/mol. The Kier molecular flexibility index (Phi) is 3.30. The van der Waals surface area contributed by atoms with E-state index in [4.69, 9.17) is 5.11 Å². The summed E-state index contributed by atoms with van der Waals surface area (Å²) >= 11 is 1.32. The molecule has 0 aromatic carbocycles. The molecule has 5 nitrogen and oxygen atoms in total. The summed E-state index contributed by atoms with van der Waals surface area (Å²) in [7, 11) is 0. The first-order valence-corrected chi connectivity index (χ1v) is 7.32. The third-order valence-corrected chi connectivity index (χ3v) is 4.90. The Morgan fingerprint density at radius 1 is 1.50 bits per heavy atom. The average Bonchev–Trinajstić information content (AvgIpc) is 2.86. The van der Waals surface area contributed by atoms with E-state index in [2.05, 4.69) is 14.5 Å². The van der Waals surface area contributed by atoms with Crippen LogP contribution in [-0.4, -0.2) is 50.9 Å². The maximum atomic E-state index is 10.6. The Morgan fingerprint density at radius 2 is 2.28 bits per heavy atom. The second-order valence-corrected chi connectivity index (χ2v) is 5.95. The monoisotopic (exact) mass is 267 g/mol. The molecule has 1 aromatic heterocycles. The molecule has 18 heavy (non-hydrogen) atoms. The maximum absolute atomic E-state index is 10.6. The number of piperidine rings is 3. The third kappa shape index (κ3) is 2.27. The highest BCUT2D eigenvalue weighted by atomic mass is 32.2. The van der Waals surface area contributed by atoms with Gasteiger partial charge in [-0.25, -0.2) is 4.98 Å². The standard InChI is InChI=1S/C12H17N3O2S/c16-11(17)8-18-12-13-3-6-15(12)10-7-14-4-1-9(10)2-5-14/h3,6,9-10H,1-2,4-5,7-8H2,(H,16,17). The van der Waals surface area contributed by atoms with E-state index in [-0.39, 0.29) is 5.75 Å². The predicted octanol–water partition coefficient (Wildman–Crippen LogP) is 1.33. The highest BCUT2D eigenvalue weighted by molar-refractivity contribution is 7.99. The second kappa shape index (κ2) is 4.93. The van der Waals surface area contributed by atoms with Crippen LogP contribution in [0.5, 0.6) is 0 Å². The van der Waals surface area contributed by atoms with Crippen molar-refractivity contribution < 1.29 is 9.90 Å². The summed E-state index contributed by atoms with van der Waals surface area (Å²) in [5, 5.41) is 9.60. The molecule has 3 aliphatic rings. The van der Waals surface area contributed by atoms with Crippen molar-refractivity contribution >= 4 is 17.7 Å². The Bertz CT molecular complexity index is 440. The summed E-state index contributed by atoms with van der Waals surface area (Å²) in [5.41, 5.74) is 0. The summed E-state index contributed by atoms with van der Waals surface area (Å²) in [5.74, 6) is 0.0230. The molecule has 3 fully saturated rings. The molecule has 2 bridgehead atoms. The molecule has 1 N–H and O–H groups in total. The number of imidazole rings is 1. The van der Waals surface area contributed by atoms with Crippen molar-refractivity contribution in [3.05, 3.63) is 12.4 Å². The highest BCUT2D eigenvalue weighted by Crippen LogP contribution is 2.37. The number of aliphatic carboxylic acids is 1. The molecule has 4 rings (SSSR count). The molecule has 1 atom stereocenters. The third-order valence-electron chi connectivity index (χ3n) is 3.94. The van der Waals surface area contributed by atoms with Crippen molar-refractivity contribution in [3.63, 3.8) is 0 Å². The van der Waals surface area contributed by atoms with Crippen LogP contribution >= 0.6 is 11.8 Å². The molecule has 3 aliphatic heterocycles. The molecular formula is C12H17N3O2S. The molecule has 0 spiro atoms. The van der Waals surface area contributed by atoms with Gasteiger partial charge in [0, 0.05) is 18.9 Å². The number of nitrogens with zero attached hydrogens (tertiary/aromatic N) is 3. The zero-order chi connectivity index (χ0) is 12.5. The normalized spacial score (nSPS) is 30.6. The van der Waals surface area contributed by atoms with Crippen LogP contribution in [-0.2, 0) is 4.79 Å². The molecule has 3 saturated heterocycles. The van der Waals surface area contributed by atoms with Gasteiger partial charge in [-0.3, -0.25) is 4.79 Å². The van der Waals surface area contributed by atoms with Gasteiger partial charge in [0.25, 0.3) is 0 Å². The van der Waals surface area contributed by atoms with Crippen LogP contribution in [0.3, 0.4) is 0 Å². The van der Waals surface area contributed by atoms with Gasteiger partial charge in [-0.2, -0.15) is 0 Å². The lowest BCUT2D eigenvalue weighted by atomic mass is 9.84. The summed E-state index contributed by atoms with van der Waals surface area (Å²) in [6, 6.07) is 0.478. The summed E-state index contributed by atoms with van der Waals surface area (Å²) in [4.78, 5) is 17.4. The van der Waals surface area contributed by atoms with Crippen LogP contribution in [0.1, 0.15) is 18.9 Å². The van der Waals surface area contributed by atoms with E-state index in [1.165, 1.54) is 37.7 Å². The minimum Gasteiger partial charge on any atom is -0.481 e. The zero-order valence-corrected chi connectivity index (χ0v) is 11.0. The number of fused-ring (bicyclic) bond motifs is 3. The molecule has 0 aliphatic carbocycles. The van der Waals surface area contributed by atoms with Crippen LogP contribution in [0.4, 0.5) is 0 Å². The summed E-state index contributed by atoms with van der Waals surface area (Å²) in [6.07, 6.45) is 6.29. The highest BCUT2D eigenvalue weighted by Gasteiger charge is 2.35. The van der Waals surface area contributed by atoms with E-state index in [1.54, 1.807) is 6.20 Å². The van der Waals surface area contributed by atoms with Gasteiger partial charge in [0.05, 0.1) is 11.8 Å². The van der Waals surface area contributed by atoms with Gasteiger partial charge in [0.1, 0.15) is 0 Å². The number of rotatable bonds is 4. The lowest BCUT2D eigenvalue weighted by Gasteiger charge is -2.45. The average molecular weight is 267 g/mol. The van der Waals surface area contributed by atoms with Crippen molar-refractivity contribution in [3.8, 4) is 0 Å². The molecule has 0 saturated carbocycles. The summed E-state index contributed by atoms with van der Waals surface area (Å²) in [6.45, 7) is 3.52. The largest absolute Gasteiger partial charge is 0.481 e. The minimum atomic E-state index is -0.788. The number of thioether (sulfide) groups is 1. The molecular weight excluding hydrogens is 250 g/mol. The molecule has 1 aromatic rings. The summed E-state index contributed by atoms with van der Waals surface area (Å²) < 4.78 is 2.18. The van der Waals surface area contributed by atoms with E-state index in [0.717, 1.165) is 17.6 Å². The van der Waals surface area contributed by atoms with Gasteiger partial charge in [-0.1, -0.05) is 11.8 Å². The number of aromatic nitrogens is 2. The van der Waals surface area contributed by atoms with E-state index < -0.39 is 5.97 Å². The van der Waals surface area contributed by atoms with Crippen LogP contribution in [0.15, 0.2) is 17.6 Å². The zero-order valence-electron chi connectivity index (χ0n) is 10.2. The Morgan fingerprint density at radius 3 is 2.89 bits per heavy atom. The van der Waals surface area contributed by atoms with Crippen molar-refractivity contribution in [2.75, 3.05) is 25.4 Å². The van der Waals surface area contributed by atoms with Crippen molar-refractivity contribution in [1.82, 2.24) is 14.5 Å². The van der Waals surface area contributed by atoms with Crippen molar-refractivity contribution in [2.45, 2.75) is 24.0 Å². The molecule has 4 heterocycles. The SMILES string of the molecule is O=C(O)CSc1nccn1C1CN2CCC1CC2. The lowest BCUT2D eigenvalue weighted by Crippen LogP contribution is -2.48. The van der Waals surface area contributed by atoms with Gasteiger partial charge in [-0.05, 0) is 31.8 Å². The molecule has 98 valence electrons. The van der Waals surface area contributed by atoms with Gasteiger partial charge < -0.3 is 14.6 Å². The van der Waals surface area contributed by atoms with E-state index in [1.807, 2.05) is 6.20 Å². The molecule has 6 heteroatoms. The fourth-order valence-corrected chi connectivity index (χ4v) is 3.77. The number of carboxylic acid groups (broad SMARTS) is 1. The van der Waals surface area contributed by atoms with Gasteiger partial charge >= 0.3 is 5.97 Å². The Hall–Kier alpha value is -1.01. The van der Waals surface area contributed by atoms with E-state index >= 15 is 0 Å². The van der Waals surface area contributed by atoms with Crippen LogP contribution in [0, 0.1) is 5.92 Å². The fraction of sp³-hybridized carbons (Fsp3) is 0.667. The second-order valence-electron chi connectivity index (χ2n) is 5.00. The molecule has 1 unspecified atom stereocenters.